The lowest BCUT2D eigenvalue weighted by atomic mass is 10.2. The molecule has 0 spiro atoms. The molecule has 0 N–H and O–H groups in total. The molecule has 1 fully saturated rings. The molecule has 1 aromatic heterocycles. The van der Waals surface area contributed by atoms with E-state index >= 15 is 0 Å². The molecule has 0 amide bonds. The number of ether oxygens (including phenoxy) is 1. The van der Waals surface area contributed by atoms with Crippen LogP contribution in [0.4, 0.5) is 5.95 Å². The summed E-state index contributed by atoms with van der Waals surface area (Å²) in [4.78, 5) is 17.2. The monoisotopic (exact) mass is 299 g/mol. The lowest BCUT2D eigenvalue weighted by molar-refractivity contribution is 0.198. The van der Waals surface area contributed by atoms with E-state index in [0.717, 1.165) is 32.6 Å². The van der Waals surface area contributed by atoms with Crippen molar-refractivity contribution in [1.29, 1.82) is 0 Å². The van der Waals surface area contributed by atoms with Gasteiger partial charge in [-0.05, 0) is 31.5 Å². The second-order valence-corrected chi connectivity index (χ2v) is 5.30. The molecule has 1 unspecified atom stereocenters. The first-order valence-corrected chi connectivity index (χ1v) is 7.55. The van der Waals surface area contributed by atoms with Gasteiger partial charge in [-0.2, -0.15) is 15.0 Å². The van der Waals surface area contributed by atoms with Crippen molar-refractivity contribution in [2.45, 2.75) is 33.2 Å². The fourth-order valence-electron chi connectivity index (χ4n) is 2.37. The largest absolute Gasteiger partial charge is 0.463 e. The summed E-state index contributed by atoms with van der Waals surface area (Å²) >= 11 is 5.96. The minimum absolute atomic E-state index is 0.187. The molecule has 1 saturated heterocycles. The number of rotatable bonds is 5. The maximum atomic E-state index is 5.96. The molecule has 0 saturated carbocycles. The zero-order chi connectivity index (χ0) is 14.5. The van der Waals surface area contributed by atoms with Gasteiger partial charge in [0, 0.05) is 25.7 Å². The van der Waals surface area contributed by atoms with Crippen molar-refractivity contribution in [3.8, 4) is 6.01 Å². The normalized spacial score (nSPS) is 20.2. The molecule has 2 heterocycles. The molecule has 112 valence electrons. The third-order valence-electron chi connectivity index (χ3n) is 3.47. The minimum atomic E-state index is 0.187. The Morgan fingerprint density at radius 3 is 2.70 bits per heavy atom. The fraction of sp³-hybridized carbons (Fsp3) is 0.769. The molecule has 0 radical (unpaired) electrons. The Hall–Kier alpha value is -1.14. The second-order valence-electron chi connectivity index (χ2n) is 4.96. The number of nitrogens with zero attached hydrogens (tertiary/aromatic N) is 5. The van der Waals surface area contributed by atoms with Crippen molar-refractivity contribution < 1.29 is 4.74 Å². The van der Waals surface area contributed by atoms with Crippen molar-refractivity contribution in [2.75, 3.05) is 37.7 Å². The summed E-state index contributed by atoms with van der Waals surface area (Å²) in [7, 11) is 0. The van der Waals surface area contributed by atoms with Crippen molar-refractivity contribution in [1.82, 2.24) is 19.9 Å². The maximum Gasteiger partial charge on any atom is 0.322 e. The average Bonchev–Trinajstić information content (AvgIpc) is 2.44. The number of aromatic nitrogens is 3. The van der Waals surface area contributed by atoms with E-state index in [1.807, 2.05) is 6.92 Å². The van der Waals surface area contributed by atoms with E-state index in [-0.39, 0.29) is 5.28 Å². The van der Waals surface area contributed by atoms with Gasteiger partial charge in [0.05, 0.1) is 6.61 Å². The van der Waals surface area contributed by atoms with Crippen LogP contribution in [0.25, 0.3) is 0 Å². The van der Waals surface area contributed by atoms with Gasteiger partial charge in [0.1, 0.15) is 0 Å². The molecule has 1 aliphatic heterocycles. The topological polar surface area (TPSA) is 54.4 Å². The Morgan fingerprint density at radius 2 is 2.05 bits per heavy atom. The van der Waals surface area contributed by atoms with Crippen molar-refractivity contribution >= 4 is 17.5 Å². The van der Waals surface area contributed by atoms with Gasteiger partial charge in [0.2, 0.25) is 11.2 Å². The number of hydrogen-bond acceptors (Lipinski definition) is 6. The van der Waals surface area contributed by atoms with Crippen LogP contribution in [-0.2, 0) is 0 Å². The second kappa shape index (κ2) is 7.04. The van der Waals surface area contributed by atoms with E-state index in [4.69, 9.17) is 16.3 Å². The van der Waals surface area contributed by atoms with Crippen LogP contribution in [-0.4, -0.2) is 58.7 Å². The van der Waals surface area contributed by atoms with E-state index in [2.05, 4.69) is 38.6 Å². The van der Waals surface area contributed by atoms with Crippen LogP contribution in [0.2, 0.25) is 5.28 Å². The Kier molecular flexibility index (Phi) is 5.37. The van der Waals surface area contributed by atoms with Gasteiger partial charge in [-0.15, -0.1) is 0 Å². The van der Waals surface area contributed by atoms with Gasteiger partial charge >= 0.3 is 6.01 Å². The molecule has 1 atom stereocenters. The van der Waals surface area contributed by atoms with Crippen LogP contribution in [0, 0.1) is 0 Å². The number of piperazine rings is 1. The van der Waals surface area contributed by atoms with Gasteiger partial charge < -0.3 is 9.64 Å². The summed E-state index contributed by atoms with van der Waals surface area (Å²) in [5.74, 6) is 0.610. The van der Waals surface area contributed by atoms with Crippen LogP contribution in [0.15, 0.2) is 0 Å². The summed E-state index contributed by atoms with van der Waals surface area (Å²) in [5, 5.41) is 0.187. The highest BCUT2D eigenvalue weighted by atomic mass is 35.5. The summed E-state index contributed by atoms with van der Waals surface area (Å²) < 4.78 is 5.45. The highest BCUT2D eigenvalue weighted by Gasteiger charge is 2.24. The molecular formula is C13H22ClN5O. The first-order valence-electron chi connectivity index (χ1n) is 7.17. The Balaban J connectivity index is 2.10. The number of likely N-dealkylation sites (N-methyl/N-ethyl adjacent to an activating group) is 1. The van der Waals surface area contributed by atoms with Crippen LogP contribution in [0.5, 0.6) is 6.01 Å². The number of hydrogen-bond donors (Lipinski definition) is 0. The quantitative estimate of drug-likeness (QED) is 0.827. The molecular weight excluding hydrogens is 278 g/mol. The zero-order valence-corrected chi connectivity index (χ0v) is 13.1. The SMILES string of the molecule is CCCOc1nc(Cl)nc(N2CCN(CC)C(C)C2)n1. The van der Waals surface area contributed by atoms with Gasteiger partial charge in [-0.1, -0.05) is 13.8 Å². The number of halogens is 1. The molecule has 0 bridgehead atoms. The van der Waals surface area contributed by atoms with Crippen LogP contribution in [0.1, 0.15) is 27.2 Å². The van der Waals surface area contributed by atoms with E-state index in [1.54, 1.807) is 0 Å². The Bertz CT molecular complexity index is 445. The first kappa shape index (κ1) is 15.3. The van der Waals surface area contributed by atoms with Gasteiger partial charge in [0.25, 0.3) is 0 Å². The zero-order valence-electron chi connectivity index (χ0n) is 12.3. The van der Waals surface area contributed by atoms with Gasteiger partial charge in [-0.3, -0.25) is 4.90 Å². The summed E-state index contributed by atoms with van der Waals surface area (Å²) in [6, 6.07) is 0.789. The molecule has 0 aromatic carbocycles. The molecule has 2 rings (SSSR count). The maximum absolute atomic E-state index is 5.96. The predicted molar refractivity (Wildman–Crippen MR) is 79.5 cm³/mol. The fourth-order valence-corrected chi connectivity index (χ4v) is 2.52. The Labute approximate surface area is 125 Å². The summed E-state index contributed by atoms with van der Waals surface area (Å²) in [6.45, 7) is 10.9. The lowest BCUT2D eigenvalue weighted by Crippen LogP contribution is -2.52. The molecule has 6 nitrogen and oxygen atoms in total. The van der Waals surface area contributed by atoms with Gasteiger partial charge in [0.15, 0.2) is 0 Å². The van der Waals surface area contributed by atoms with E-state index < -0.39 is 0 Å². The van der Waals surface area contributed by atoms with Crippen molar-refractivity contribution in [3.63, 3.8) is 0 Å². The van der Waals surface area contributed by atoms with Gasteiger partial charge in [-0.25, -0.2) is 0 Å². The molecule has 7 heteroatoms. The van der Waals surface area contributed by atoms with Crippen LogP contribution in [0.3, 0.4) is 0 Å². The molecule has 1 aliphatic rings. The smallest absolute Gasteiger partial charge is 0.322 e. The minimum Gasteiger partial charge on any atom is -0.463 e. The average molecular weight is 300 g/mol. The first-order chi connectivity index (χ1) is 9.63. The van der Waals surface area contributed by atoms with E-state index in [0.29, 0.717) is 24.6 Å². The Morgan fingerprint density at radius 1 is 1.25 bits per heavy atom. The standard InChI is InChI=1S/C13H22ClN5O/c1-4-8-20-13-16-11(14)15-12(17-13)19-7-6-18(5-2)10(3)9-19/h10H,4-9H2,1-3H3. The highest BCUT2D eigenvalue weighted by Crippen LogP contribution is 2.19. The molecule has 1 aromatic rings. The molecule has 0 aliphatic carbocycles. The van der Waals surface area contributed by atoms with Crippen molar-refractivity contribution in [2.24, 2.45) is 0 Å². The van der Waals surface area contributed by atoms with E-state index in [1.165, 1.54) is 0 Å². The third-order valence-corrected chi connectivity index (χ3v) is 3.63. The predicted octanol–water partition coefficient (Wildman–Crippen LogP) is 1.84. The highest BCUT2D eigenvalue weighted by molar-refractivity contribution is 6.28. The van der Waals surface area contributed by atoms with Crippen LogP contribution >= 0.6 is 11.6 Å². The summed E-state index contributed by atoms with van der Waals surface area (Å²) in [6.07, 6.45) is 0.908. The third kappa shape index (κ3) is 3.70. The van der Waals surface area contributed by atoms with E-state index in [9.17, 15) is 0 Å². The van der Waals surface area contributed by atoms with Crippen LogP contribution < -0.4 is 9.64 Å². The number of anilines is 1. The molecule has 20 heavy (non-hydrogen) atoms. The summed E-state index contributed by atoms with van der Waals surface area (Å²) in [5.41, 5.74) is 0. The van der Waals surface area contributed by atoms with Crippen molar-refractivity contribution in [3.05, 3.63) is 5.28 Å². The lowest BCUT2D eigenvalue weighted by Gasteiger charge is -2.39.